The number of benzene rings is 7. The van der Waals surface area contributed by atoms with Crippen molar-refractivity contribution in [3.8, 4) is 72.5 Å². The topological polar surface area (TPSA) is 9.23 Å². The van der Waals surface area contributed by atoms with Gasteiger partial charge in [-0.2, -0.15) is 0 Å². The highest BCUT2D eigenvalue weighted by Crippen LogP contribution is 2.52. The minimum atomic E-state index is 0.887. The molecule has 9 rings (SSSR count). The van der Waals surface area contributed by atoms with Crippen molar-refractivity contribution in [1.29, 1.82) is 0 Å². The molecule has 0 aromatic heterocycles. The third-order valence-corrected chi connectivity index (χ3v) is 8.90. The van der Waals surface area contributed by atoms with E-state index in [-0.39, 0.29) is 0 Å². The van der Waals surface area contributed by atoms with E-state index < -0.39 is 0 Å². The molecule has 7 aromatic rings. The lowest BCUT2D eigenvalue weighted by Gasteiger charge is -2.16. The van der Waals surface area contributed by atoms with E-state index in [1.165, 1.54) is 82.7 Å². The van der Waals surface area contributed by atoms with Gasteiger partial charge >= 0.3 is 0 Å². The Morgan fingerprint density at radius 3 is 1.35 bits per heavy atom. The van der Waals surface area contributed by atoms with Gasteiger partial charge in [-0.3, -0.25) is 0 Å². The fourth-order valence-electron chi connectivity index (χ4n) is 7.19. The van der Waals surface area contributed by atoms with Crippen LogP contribution in [0.1, 0.15) is 0 Å². The number of fused-ring (bicyclic) bond motifs is 6. The molecule has 1 nitrogen and oxygen atoms in total. The Morgan fingerprint density at radius 2 is 0.800 bits per heavy atom. The molecule has 40 heavy (non-hydrogen) atoms. The number of hydrogen-bond acceptors (Lipinski definition) is 1. The normalized spacial score (nSPS) is 12.1. The lowest BCUT2D eigenvalue weighted by atomic mass is 9.90. The fourth-order valence-corrected chi connectivity index (χ4v) is 7.19. The van der Waals surface area contributed by atoms with Gasteiger partial charge in [0, 0.05) is 5.56 Å². The summed E-state index contributed by atoms with van der Waals surface area (Å²) in [7, 11) is 1.77. The SMILES string of the molecule is COc1ccc(-c2ccc3c4c(cccc24)-c2ccccc2-3)cc1-c1ccc2c3c(cccc13)-c1ccccc1-2. The van der Waals surface area contributed by atoms with Crippen LogP contribution >= 0.6 is 0 Å². The second-order valence-corrected chi connectivity index (χ2v) is 10.8. The number of rotatable bonds is 3. The molecule has 0 saturated heterocycles. The van der Waals surface area contributed by atoms with E-state index in [0.717, 1.165) is 11.3 Å². The first-order chi connectivity index (χ1) is 19.8. The van der Waals surface area contributed by atoms with E-state index in [4.69, 9.17) is 4.74 Å². The van der Waals surface area contributed by atoms with Crippen LogP contribution in [0.25, 0.3) is 88.3 Å². The van der Waals surface area contributed by atoms with Crippen LogP contribution in [0.2, 0.25) is 0 Å². The van der Waals surface area contributed by atoms with E-state index in [1.807, 2.05) is 0 Å². The van der Waals surface area contributed by atoms with Crippen molar-refractivity contribution in [2.75, 3.05) is 7.11 Å². The van der Waals surface area contributed by atoms with E-state index in [9.17, 15) is 0 Å². The molecule has 0 spiro atoms. The Labute approximate surface area is 232 Å². The molecule has 7 aromatic carbocycles. The second-order valence-electron chi connectivity index (χ2n) is 10.8. The Balaban J connectivity index is 1.28. The van der Waals surface area contributed by atoms with Crippen molar-refractivity contribution >= 4 is 21.5 Å². The van der Waals surface area contributed by atoms with E-state index >= 15 is 0 Å². The zero-order valence-corrected chi connectivity index (χ0v) is 22.0. The first kappa shape index (κ1) is 21.8. The molecule has 0 N–H and O–H groups in total. The van der Waals surface area contributed by atoms with Gasteiger partial charge in [0.1, 0.15) is 5.75 Å². The summed E-state index contributed by atoms with van der Waals surface area (Å²) in [6, 6.07) is 46.7. The van der Waals surface area contributed by atoms with Crippen LogP contribution in [-0.4, -0.2) is 7.11 Å². The zero-order chi connectivity index (χ0) is 26.4. The summed E-state index contributed by atoms with van der Waals surface area (Å²) < 4.78 is 5.96. The van der Waals surface area contributed by atoms with Crippen molar-refractivity contribution < 1.29 is 4.74 Å². The zero-order valence-electron chi connectivity index (χ0n) is 22.0. The van der Waals surface area contributed by atoms with Gasteiger partial charge in [0.15, 0.2) is 0 Å². The molecule has 186 valence electrons. The van der Waals surface area contributed by atoms with Crippen LogP contribution in [0.15, 0.2) is 127 Å². The summed E-state index contributed by atoms with van der Waals surface area (Å²) in [6.07, 6.45) is 0. The average Bonchev–Trinajstić information content (AvgIpc) is 3.53. The smallest absolute Gasteiger partial charge is 0.126 e. The molecule has 0 heterocycles. The Kier molecular flexibility index (Phi) is 4.32. The summed E-state index contributed by atoms with van der Waals surface area (Å²) >= 11 is 0. The first-order valence-corrected chi connectivity index (χ1v) is 13.8. The Hall–Kier alpha value is -5.14. The van der Waals surface area contributed by atoms with Crippen molar-refractivity contribution in [2.24, 2.45) is 0 Å². The van der Waals surface area contributed by atoms with Gasteiger partial charge in [0.25, 0.3) is 0 Å². The molecule has 0 aliphatic heterocycles. The highest BCUT2D eigenvalue weighted by atomic mass is 16.5. The molecule has 0 saturated carbocycles. The summed E-state index contributed by atoms with van der Waals surface area (Å²) in [6.45, 7) is 0. The third kappa shape index (κ3) is 2.76. The maximum Gasteiger partial charge on any atom is 0.126 e. The highest BCUT2D eigenvalue weighted by molar-refractivity contribution is 6.20. The Bertz CT molecular complexity index is 2140. The van der Waals surface area contributed by atoms with Crippen LogP contribution in [0.3, 0.4) is 0 Å². The van der Waals surface area contributed by atoms with Crippen LogP contribution < -0.4 is 4.74 Å². The molecule has 1 heteroatoms. The molecule has 2 aliphatic carbocycles. The van der Waals surface area contributed by atoms with Gasteiger partial charge in [-0.25, -0.2) is 0 Å². The molecule has 0 atom stereocenters. The van der Waals surface area contributed by atoms with Crippen molar-refractivity contribution in [3.05, 3.63) is 127 Å². The monoisotopic (exact) mass is 508 g/mol. The van der Waals surface area contributed by atoms with Crippen molar-refractivity contribution in [2.45, 2.75) is 0 Å². The molecule has 0 bridgehead atoms. The molecular formula is C39H24O. The number of methoxy groups -OCH3 is 1. The summed E-state index contributed by atoms with van der Waals surface area (Å²) in [5.74, 6) is 0.887. The molecule has 0 amide bonds. The lowest BCUT2D eigenvalue weighted by molar-refractivity contribution is 0.416. The van der Waals surface area contributed by atoms with Gasteiger partial charge in [0.2, 0.25) is 0 Å². The van der Waals surface area contributed by atoms with Gasteiger partial charge in [0.05, 0.1) is 7.11 Å². The minimum absolute atomic E-state index is 0.887. The molecule has 2 aliphatic rings. The van der Waals surface area contributed by atoms with Crippen LogP contribution in [-0.2, 0) is 0 Å². The first-order valence-electron chi connectivity index (χ1n) is 13.8. The molecule has 0 radical (unpaired) electrons. The van der Waals surface area contributed by atoms with Crippen molar-refractivity contribution in [1.82, 2.24) is 0 Å². The number of hydrogen-bond donors (Lipinski definition) is 0. The minimum Gasteiger partial charge on any atom is -0.496 e. The molecular weight excluding hydrogens is 484 g/mol. The summed E-state index contributed by atoms with van der Waals surface area (Å²) in [5, 5.41) is 5.23. The average molecular weight is 509 g/mol. The van der Waals surface area contributed by atoms with Crippen molar-refractivity contribution in [3.63, 3.8) is 0 Å². The van der Waals surface area contributed by atoms with E-state index in [0.29, 0.717) is 0 Å². The lowest BCUT2D eigenvalue weighted by Crippen LogP contribution is -1.91. The predicted molar refractivity (Wildman–Crippen MR) is 168 cm³/mol. The maximum absolute atomic E-state index is 5.96. The summed E-state index contributed by atoms with van der Waals surface area (Å²) in [4.78, 5) is 0. The molecule has 0 unspecified atom stereocenters. The second kappa shape index (κ2) is 7.94. The number of ether oxygens (including phenoxy) is 1. The standard InChI is InChI=1S/C39H24O/c1-40-37-21-16-23(24-17-19-34-27-10-4-2-8-25(27)31-13-6-12-30(24)38(31)34)22-36(37)29-18-20-35-28-11-5-3-9-26(28)32-14-7-15-33(29)39(32)35/h2-22H,1H3. The largest absolute Gasteiger partial charge is 0.496 e. The highest BCUT2D eigenvalue weighted by Gasteiger charge is 2.25. The maximum atomic E-state index is 5.96. The van der Waals surface area contributed by atoms with Crippen LogP contribution in [0.5, 0.6) is 5.75 Å². The van der Waals surface area contributed by atoms with Gasteiger partial charge in [-0.15, -0.1) is 0 Å². The van der Waals surface area contributed by atoms with Crippen LogP contribution in [0.4, 0.5) is 0 Å². The third-order valence-electron chi connectivity index (χ3n) is 8.90. The fraction of sp³-hybridized carbons (Fsp3) is 0.0256. The van der Waals surface area contributed by atoms with Gasteiger partial charge in [-0.05, 0) is 94.9 Å². The summed E-state index contributed by atoms with van der Waals surface area (Å²) in [5.41, 5.74) is 15.3. The molecule has 0 fully saturated rings. The predicted octanol–water partition coefficient (Wildman–Crippen LogP) is 10.6. The van der Waals surface area contributed by atoms with Gasteiger partial charge < -0.3 is 4.74 Å². The van der Waals surface area contributed by atoms with E-state index in [2.05, 4.69) is 127 Å². The van der Waals surface area contributed by atoms with Gasteiger partial charge in [-0.1, -0.05) is 115 Å². The quantitative estimate of drug-likeness (QED) is 0.231. The Morgan fingerprint density at radius 1 is 0.350 bits per heavy atom. The van der Waals surface area contributed by atoms with Crippen LogP contribution in [0, 0.1) is 0 Å². The van der Waals surface area contributed by atoms with E-state index in [1.54, 1.807) is 7.11 Å².